The van der Waals surface area contributed by atoms with Gasteiger partial charge >= 0.3 is 0 Å². The van der Waals surface area contributed by atoms with Crippen LogP contribution in [0.1, 0.15) is 40.0 Å². The van der Waals surface area contributed by atoms with Crippen molar-refractivity contribution in [1.29, 1.82) is 0 Å². The Bertz CT molecular complexity index is 684. The van der Waals surface area contributed by atoms with E-state index >= 15 is 0 Å². The van der Waals surface area contributed by atoms with Crippen LogP contribution in [0.4, 0.5) is 0 Å². The number of carbonyl (C=O) groups excluding carboxylic acids is 1. The van der Waals surface area contributed by atoms with Crippen molar-refractivity contribution in [3.05, 3.63) is 68.1 Å². The SMILES string of the molecule is Cc1ccc(C)c(C(C)NC(=O)c2cccc(Br)c2Cl)c1. The minimum Gasteiger partial charge on any atom is -0.345 e. The van der Waals surface area contributed by atoms with Crippen molar-refractivity contribution in [2.75, 3.05) is 0 Å². The minimum absolute atomic E-state index is 0.0764. The summed E-state index contributed by atoms with van der Waals surface area (Å²) in [6.07, 6.45) is 0. The number of halogens is 2. The van der Waals surface area contributed by atoms with E-state index in [0.29, 0.717) is 10.6 Å². The molecular weight excluding hydrogens is 350 g/mol. The Hall–Kier alpha value is -1.32. The number of carbonyl (C=O) groups is 1. The van der Waals surface area contributed by atoms with E-state index in [2.05, 4.69) is 39.4 Å². The van der Waals surface area contributed by atoms with E-state index in [9.17, 15) is 4.79 Å². The zero-order valence-corrected chi connectivity index (χ0v) is 14.5. The third-order valence-corrected chi connectivity index (χ3v) is 4.74. The summed E-state index contributed by atoms with van der Waals surface area (Å²) in [5.41, 5.74) is 3.93. The van der Waals surface area contributed by atoms with Gasteiger partial charge in [-0.3, -0.25) is 4.79 Å². The Kier molecular flexibility index (Phi) is 5.07. The molecule has 0 radical (unpaired) electrons. The molecule has 0 saturated heterocycles. The number of nitrogens with one attached hydrogen (secondary N) is 1. The van der Waals surface area contributed by atoms with Gasteiger partial charge in [-0.15, -0.1) is 0 Å². The highest BCUT2D eigenvalue weighted by molar-refractivity contribution is 9.10. The second-order valence-corrected chi connectivity index (χ2v) is 6.39. The Morgan fingerprint density at radius 3 is 2.67 bits per heavy atom. The maximum absolute atomic E-state index is 12.4. The van der Waals surface area contributed by atoms with Crippen LogP contribution in [0, 0.1) is 13.8 Å². The summed E-state index contributed by atoms with van der Waals surface area (Å²) in [5, 5.41) is 3.44. The van der Waals surface area contributed by atoms with E-state index in [4.69, 9.17) is 11.6 Å². The summed E-state index contributed by atoms with van der Waals surface area (Å²) in [4.78, 5) is 12.4. The smallest absolute Gasteiger partial charge is 0.253 e. The number of rotatable bonds is 3. The van der Waals surface area contributed by atoms with Gasteiger partial charge in [0.05, 0.1) is 16.6 Å². The van der Waals surface area contributed by atoms with Gasteiger partial charge in [0.1, 0.15) is 0 Å². The molecule has 1 amide bonds. The lowest BCUT2D eigenvalue weighted by Gasteiger charge is -2.18. The number of aryl methyl sites for hydroxylation is 2. The molecule has 2 aromatic carbocycles. The van der Waals surface area contributed by atoms with Crippen molar-refractivity contribution in [3.63, 3.8) is 0 Å². The Labute approximate surface area is 138 Å². The van der Waals surface area contributed by atoms with Crippen LogP contribution in [0.3, 0.4) is 0 Å². The van der Waals surface area contributed by atoms with E-state index in [1.807, 2.05) is 26.8 Å². The van der Waals surface area contributed by atoms with Gasteiger partial charge in [0.2, 0.25) is 0 Å². The first-order chi connectivity index (χ1) is 9.90. The van der Waals surface area contributed by atoms with Crippen LogP contribution in [0.5, 0.6) is 0 Å². The Morgan fingerprint density at radius 2 is 1.95 bits per heavy atom. The van der Waals surface area contributed by atoms with Gasteiger partial charge in [0, 0.05) is 4.47 Å². The Morgan fingerprint density at radius 1 is 1.24 bits per heavy atom. The summed E-state index contributed by atoms with van der Waals surface area (Å²) < 4.78 is 0.719. The summed E-state index contributed by atoms with van der Waals surface area (Å²) in [5.74, 6) is -0.172. The molecule has 0 heterocycles. The topological polar surface area (TPSA) is 29.1 Å². The van der Waals surface area contributed by atoms with Crippen LogP contribution < -0.4 is 5.32 Å². The average Bonchev–Trinajstić information content (AvgIpc) is 2.44. The van der Waals surface area contributed by atoms with E-state index < -0.39 is 0 Å². The molecule has 0 aliphatic rings. The van der Waals surface area contributed by atoms with Crippen LogP contribution in [-0.4, -0.2) is 5.91 Å². The molecule has 4 heteroatoms. The van der Waals surface area contributed by atoms with Crippen LogP contribution in [0.25, 0.3) is 0 Å². The number of hydrogen-bond acceptors (Lipinski definition) is 1. The van der Waals surface area contributed by atoms with E-state index in [1.54, 1.807) is 12.1 Å². The normalized spacial score (nSPS) is 12.0. The number of hydrogen-bond donors (Lipinski definition) is 1. The second kappa shape index (κ2) is 6.63. The quantitative estimate of drug-likeness (QED) is 0.793. The highest BCUT2D eigenvalue weighted by Crippen LogP contribution is 2.27. The second-order valence-electron chi connectivity index (χ2n) is 5.16. The monoisotopic (exact) mass is 365 g/mol. The molecule has 21 heavy (non-hydrogen) atoms. The maximum Gasteiger partial charge on any atom is 0.253 e. The van der Waals surface area contributed by atoms with Crippen molar-refractivity contribution in [1.82, 2.24) is 5.32 Å². The molecule has 0 saturated carbocycles. The molecule has 0 aromatic heterocycles. The van der Waals surface area contributed by atoms with Crippen molar-refractivity contribution in [2.24, 2.45) is 0 Å². The molecule has 0 aliphatic heterocycles. The van der Waals surface area contributed by atoms with Gasteiger partial charge in [-0.05, 0) is 60.0 Å². The largest absolute Gasteiger partial charge is 0.345 e. The lowest BCUT2D eigenvalue weighted by atomic mass is 10.00. The summed E-state index contributed by atoms with van der Waals surface area (Å²) in [6.45, 7) is 6.07. The molecule has 1 unspecified atom stereocenters. The lowest BCUT2D eigenvalue weighted by Crippen LogP contribution is -2.27. The molecule has 0 aliphatic carbocycles. The Balaban J connectivity index is 2.23. The van der Waals surface area contributed by atoms with Gasteiger partial charge in [-0.1, -0.05) is 41.4 Å². The van der Waals surface area contributed by atoms with Crippen molar-refractivity contribution < 1.29 is 4.79 Å². The predicted octanol–water partition coefficient (Wildman–Crippen LogP) is 5.21. The maximum atomic E-state index is 12.4. The molecule has 0 bridgehead atoms. The zero-order valence-electron chi connectivity index (χ0n) is 12.2. The fourth-order valence-corrected chi connectivity index (χ4v) is 2.84. The summed E-state index contributed by atoms with van der Waals surface area (Å²) in [7, 11) is 0. The summed E-state index contributed by atoms with van der Waals surface area (Å²) >= 11 is 9.50. The highest BCUT2D eigenvalue weighted by Gasteiger charge is 2.16. The van der Waals surface area contributed by atoms with E-state index in [0.717, 1.165) is 15.6 Å². The number of amides is 1. The lowest BCUT2D eigenvalue weighted by molar-refractivity contribution is 0.0940. The van der Waals surface area contributed by atoms with Crippen molar-refractivity contribution >= 4 is 33.4 Å². The van der Waals surface area contributed by atoms with Gasteiger partial charge < -0.3 is 5.32 Å². The molecule has 110 valence electrons. The first-order valence-electron chi connectivity index (χ1n) is 6.72. The van der Waals surface area contributed by atoms with Crippen LogP contribution in [0.15, 0.2) is 40.9 Å². The van der Waals surface area contributed by atoms with Crippen LogP contribution in [-0.2, 0) is 0 Å². The average molecular weight is 367 g/mol. The van der Waals surface area contributed by atoms with Gasteiger partial charge in [0.25, 0.3) is 5.91 Å². The molecule has 1 atom stereocenters. The van der Waals surface area contributed by atoms with Gasteiger partial charge in [0.15, 0.2) is 0 Å². The molecule has 2 rings (SSSR count). The predicted molar refractivity (Wildman–Crippen MR) is 90.9 cm³/mol. The highest BCUT2D eigenvalue weighted by atomic mass is 79.9. The fraction of sp³-hybridized carbons (Fsp3) is 0.235. The molecule has 2 nitrogen and oxygen atoms in total. The molecule has 2 aromatic rings. The van der Waals surface area contributed by atoms with Gasteiger partial charge in [-0.25, -0.2) is 0 Å². The molecule has 1 N–H and O–H groups in total. The van der Waals surface area contributed by atoms with Crippen molar-refractivity contribution in [3.8, 4) is 0 Å². The fourth-order valence-electron chi connectivity index (χ4n) is 2.26. The number of benzene rings is 2. The van der Waals surface area contributed by atoms with Crippen LogP contribution >= 0.6 is 27.5 Å². The first kappa shape index (κ1) is 16.1. The standard InChI is InChI=1S/C17H17BrClNO/c1-10-7-8-11(2)14(9-10)12(3)20-17(21)13-5-4-6-15(18)16(13)19/h4-9,12H,1-3H3,(H,20,21). The third kappa shape index (κ3) is 3.66. The molecular formula is C17H17BrClNO. The molecule has 0 spiro atoms. The third-order valence-electron chi connectivity index (χ3n) is 3.45. The van der Waals surface area contributed by atoms with E-state index in [1.165, 1.54) is 5.56 Å². The van der Waals surface area contributed by atoms with Crippen molar-refractivity contribution in [2.45, 2.75) is 26.8 Å². The van der Waals surface area contributed by atoms with E-state index in [-0.39, 0.29) is 11.9 Å². The first-order valence-corrected chi connectivity index (χ1v) is 7.89. The zero-order chi connectivity index (χ0) is 15.6. The summed E-state index contributed by atoms with van der Waals surface area (Å²) in [6, 6.07) is 11.5. The molecule has 0 fully saturated rings. The minimum atomic E-state index is -0.172. The van der Waals surface area contributed by atoms with Crippen LogP contribution in [0.2, 0.25) is 5.02 Å². The van der Waals surface area contributed by atoms with Gasteiger partial charge in [-0.2, -0.15) is 0 Å².